The van der Waals surface area contributed by atoms with Crippen LogP contribution in [0.2, 0.25) is 0 Å². The number of nitro benzene ring substituents is 1. The predicted molar refractivity (Wildman–Crippen MR) is 108 cm³/mol. The van der Waals surface area contributed by atoms with Crippen molar-refractivity contribution in [3.05, 3.63) is 55.2 Å². The number of hydrogen-bond donors (Lipinski definition) is 1. The van der Waals surface area contributed by atoms with Crippen molar-refractivity contribution < 1.29 is 9.72 Å². The first-order valence-corrected chi connectivity index (χ1v) is 9.78. The number of ketones is 1. The average Bonchev–Trinajstić information content (AvgIpc) is 2.93. The van der Waals surface area contributed by atoms with Gasteiger partial charge in [-0.15, -0.1) is 11.3 Å². The fourth-order valence-electron chi connectivity index (χ4n) is 2.34. The van der Waals surface area contributed by atoms with Crippen molar-refractivity contribution in [2.45, 2.75) is 31.3 Å². The number of azo groups is 1. The summed E-state index contributed by atoms with van der Waals surface area (Å²) in [5, 5.41) is 18.6. The summed E-state index contributed by atoms with van der Waals surface area (Å²) in [5.74, 6) is -0.267. The van der Waals surface area contributed by atoms with Crippen molar-refractivity contribution >= 4 is 50.5 Å². The summed E-state index contributed by atoms with van der Waals surface area (Å²) in [6.07, 6.45) is 0. The summed E-state index contributed by atoms with van der Waals surface area (Å²) in [4.78, 5) is 43.2. The number of nitrogens with one attached hydrogen (secondary N) is 1. The zero-order chi connectivity index (χ0) is 20.4. The number of nitro groups is 1. The third kappa shape index (κ3) is 4.15. The molecule has 1 aromatic carbocycles. The second-order valence-corrected chi connectivity index (χ2v) is 8.18. The molecule has 0 fully saturated rings. The third-order valence-corrected chi connectivity index (χ3v) is 6.09. The molecule has 2 aromatic heterocycles. The summed E-state index contributed by atoms with van der Waals surface area (Å²) < 4.78 is 0. The molecule has 0 spiro atoms. The first-order chi connectivity index (χ1) is 13.3. The number of Topliss-reactive ketones (excluding diaryl/α,β-unsaturated/α-hetero) is 1. The lowest BCUT2D eigenvalue weighted by Crippen LogP contribution is -2.14. The van der Waals surface area contributed by atoms with Crippen LogP contribution in [0, 0.1) is 24.0 Å². The Hall–Kier alpha value is -2.92. The average molecular weight is 417 g/mol. The second-order valence-electron chi connectivity index (χ2n) is 5.90. The van der Waals surface area contributed by atoms with E-state index in [0.29, 0.717) is 15.9 Å². The maximum atomic E-state index is 12.4. The monoisotopic (exact) mass is 417 g/mol. The lowest BCUT2D eigenvalue weighted by molar-refractivity contribution is -0.384. The minimum Gasteiger partial charge on any atom is -0.301 e. The van der Waals surface area contributed by atoms with Crippen molar-refractivity contribution in [3.63, 3.8) is 0 Å². The number of rotatable bonds is 6. The molecule has 0 bridgehead atoms. The van der Waals surface area contributed by atoms with Crippen LogP contribution in [0.15, 0.2) is 44.4 Å². The van der Waals surface area contributed by atoms with Gasteiger partial charge in [0, 0.05) is 17.0 Å². The minimum absolute atomic E-state index is 0.0620. The Balaban J connectivity index is 1.85. The molecule has 11 heteroatoms. The highest BCUT2D eigenvalue weighted by atomic mass is 32.2. The molecule has 2 heterocycles. The number of thiophene rings is 1. The maximum Gasteiger partial charge on any atom is 0.269 e. The summed E-state index contributed by atoms with van der Waals surface area (Å²) in [6.45, 7) is 5.15. The van der Waals surface area contributed by atoms with Gasteiger partial charge in [0.1, 0.15) is 4.83 Å². The number of aromatic nitrogens is 2. The van der Waals surface area contributed by atoms with Crippen LogP contribution in [0.4, 0.5) is 11.4 Å². The molecule has 0 saturated carbocycles. The molecule has 0 amide bonds. The number of nitrogens with zero attached hydrogens (tertiary/aromatic N) is 4. The van der Waals surface area contributed by atoms with Gasteiger partial charge in [-0.1, -0.05) is 11.8 Å². The Bertz CT molecular complexity index is 1150. The lowest BCUT2D eigenvalue weighted by atomic mass is 10.2. The molecule has 3 aromatic rings. The SMILES string of the molecule is CC(=O)C(N=Nc1ccc([N+](=O)[O-])cc1)Sc1nc2sc(C)c(C)c2c(=O)[nH]1. The predicted octanol–water partition coefficient (Wildman–Crippen LogP) is 4.30. The highest BCUT2D eigenvalue weighted by Gasteiger charge is 2.19. The van der Waals surface area contributed by atoms with E-state index in [4.69, 9.17) is 0 Å². The molecule has 1 N–H and O–H groups in total. The van der Waals surface area contributed by atoms with E-state index in [1.54, 1.807) is 0 Å². The Morgan fingerprint density at radius 1 is 1.32 bits per heavy atom. The standard InChI is InChI=1S/C17H15N5O4S2/c1-8-10(3)27-16-13(8)14(24)18-17(19-16)28-15(9(2)23)21-20-11-4-6-12(7-5-11)22(25)26/h4-7,15H,1-3H3,(H,18,19,24). The topological polar surface area (TPSA) is 131 Å². The second kappa shape index (κ2) is 7.98. The van der Waals surface area contributed by atoms with Gasteiger partial charge in [-0.3, -0.25) is 19.7 Å². The van der Waals surface area contributed by atoms with Gasteiger partial charge in [0.2, 0.25) is 0 Å². The molecule has 9 nitrogen and oxygen atoms in total. The van der Waals surface area contributed by atoms with Gasteiger partial charge in [-0.05, 0) is 38.5 Å². The van der Waals surface area contributed by atoms with E-state index in [-0.39, 0.29) is 22.2 Å². The number of carbonyl (C=O) groups is 1. The Labute approximate surface area is 167 Å². The number of thioether (sulfide) groups is 1. The van der Waals surface area contributed by atoms with Crippen molar-refractivity contribution in [2.75, 3.05) is 0 Å². The van der Waals surface area contributed by atoms with Gasteiger partial charge < -0.3 is 4.98 Å². The normalized spacial score (nSPS) is 12.5. The van der Waals surface area contributed by atoms with Crippen LogP contribution in [0.3, 0.4) is 0 Å². The van der Waals surface area contributed by atoms with E-state index in [9.17, 15) is 19.7 Å². The number of hydrogen-bond acceptors (Lipinski definition) is 9. The highest BCUT2D eigenvalue weighted by molar-refractivity contribution is 8.00. The highest BCUT2D eigenvalue weighted by Crippen LogP contribution is 2.29. The Morgan fingerprint density at radius 3 is 2.61 bits per heavy atom. The zero-order valence-electron chi connectivity index (χ0n) is 15.1. The summed E-state index contributed by atoms with van der Waals surface area (Å²) in [6, 6.07) is 5.48. The first kappa shape index (κ1) is 19.8. The molecule has 0 radical (unpaired) electrons. The summed E-state index contributed by atoms with van der Waals surface area (Å²) in [5.41, 5.74) is 0.946. The maximum absolute atomic E-state index is 12.4. The van der Waals surface area contributed by atoms with E-state index in [1.165, 1.54) is 42.5 Å². The van der Waals surface area contributed by atoms with E-state index in [2.05, 4.69) is 20.2 Å². The van der Waals surface area contributed by atoms with Gasteiger partial charge in [0.15, 0.2) is 16.3 Å². The van der Waals surface area contributed by atoms with Crippen molar-refractivity contribution in [1.82, 2.24) is 9.97 Å². The van der Waals surface area contributed by atoms with Gasteiger partial charge >= 0.3 is 0 Å². The lowest BCUT2D eigenvalue weighted by Gasteiger charge is -2.06. The number of fused-ring (bicyclic) bond motifs is 1. The van der Waals surface area contributed by atoms with Crippen LogP contribution in [0.1, 0.15) is 17.4 Å². The molecule has 0 saturated heterocycles. The van der Waals surface area contributed by atoms with Crippen LogP contribution < -0.4 is 5.56 Å². The van der Waals surface area contributed by atoms with Gasteiger partial charge in [0.25, 0.3) is 11.2 Å². The van der Waals surface area contributed by atoms with E-state index in [1.807, 2.05) is 13.8 Å². The summed E-state index contributed by atoms with van der Waals surface area (Å²) in [7, 11) is 0. The molecule has 3 rings (SSSR count). The molecule has 0 aliphatic rings. The van der Waals surface area contributed by atoms with Crippen LogP contribution in [0.5, 0.6) is 0 Å². The molecular formula is C17H15N5O4S2. The van der Waals surface area contributed by atoms with Crippen molar-refractivity contribution in [1.29, 1.82) is 0 Å². The Morgan fingerprint density at radius 2 is 2.00 bits per heavy atom. The number of aromatic amines is 1. The first-order valence-electron chi connectivity index (χ1n) is 8.08. The van der Waals surface area contributed by atoms with Gasteiger partial charge in [-0.25, -0.2) is 4.98 Å². The quantitative estimate of drug-likeness (QED) is 0.209. The van der Waals surface area contributed by atoms with Crippen LogP contribution >= 0.6 is 23.1 Å². The molecule has 0 aliphatic carbocycles. The fourth-order valence-corrected chi connectivity index (χ4v) is 4.20. The number of aryl methyl sites for hydroxylation is 2. The number of non-ortho nitro benzene ring substituents is 1. The number of benzene rings is 1. The molecule has 1 atom stereocenters. The minimum atomic E-state index is -0.905. The molecular weight excluding hydrogens is 402 g/mol. The number of carbonyl (C=O) groups excluding carboxylic acids is 1. The smallest absolute Gasteiger partial charge is 0.269 e. The van der Waals surface area contributed by atoms with Crippen molar-refractivity contribution in [3.8, 4) is 0 Å². The van der Waals surface area contributed by atoms with Crippen molar-refractivity contribution in [2.24, 2.45) is 10.2 Å². The van der Waals surface area contributed by atoms with E-state index in [0.717, 1.165) is 22.2 Å². The van der Waals surface area contributed by atoms with Crippen LogP contribution in [-0.2, 0) is 4.79 Å². The van der Waals surface area contributed by atoms with E-state index < -0.39 is 10.3 Å². The Kier molecular flexibility index (Phi) is 5.66. The molecule has 0 aliphatic heterocycles. The van der Waals surface area contributed by atoms with Crippen LogP contribution in [0.25, 0.3) is 10.2 Å². The largest absolute Gasteiger partial charge is 0.301 e. The zero-order valence-corrected chi connectivity index (χ0v) is 16.8. The van der Waals surface area contributed by atoms with Gasteiger partial charge in [-0.2, -0.15) is 10.2 Å². The van der Waals surface area contributed by atoms with E-state index >= 15 is 0 Å². The third-order valence-electron chi connectivity index (χ3n) is 3.93. The molecule has 144 valence electrons. The molecule has 28 heavy (non-hydrogen) atoms. The molecule has 1 unspecified atom stereocenters. The van der Waals surface area contributed by atoms with Gasteiger partial charge in [0.05, 0.1) is 16.0 Å². The fraction of sp³-hybridized carbons (Fsp3) is 0.235. The van der Waals surface area contributed by atoms with Crippen LogP contribution in [-0.4, -0.2) is 26.0 Å². The summed E-state index contributed by atoms with van der Waals surface area (Å²) >= 11 is 2.41. The number of H-pyrrole nitrogens is 1.